The van der Waals surface area contributed by atoms with Crippen LogP contribution in [0, 0.1) is 0 Å². The van der Waals surface area contributed by atoms with Gasteiger partial charge in [0, 0.05) is 28.4 Å². The molecule has 0 atom stereocenters. The Bertz CT molecular complexity index is 767. The summed E-state index contributed by atoms with van der Waals surface area (Å²) in [4.78, 5) is 8.79. The molecular formula is C19H18N2OS. The van der Waals surface area contributed by atoms with Crippen molar-refractivity contribution in [2.75, 3.05) is 6.61 Å². The highest BCUT2D eigenvalue weighted by atomic mass is 32.2. The van der Waals surface area contributed by atoms with Crippen LogP contribution in [-0.4, -0.2) is 16.6 Å². The predicted octanol–water partition coefficient (Wildman–Crippen LogP) is 4.99. The lowest BCUT2D eigenvalue weighted by atomic mass is 10.1. The zero-order valence-electron chi connectivity index (χ0n) is 12.9. The van der Waals surface area contributed by atoms with Crippen LogP contribution in [0.2, 0.25) is 0 Å². The van der Waals surface area contributed by atoms with Crippen molar-refractivity contribution in [3.63, 3.8) is 0 Å². The summed E-state index contributed by atoms with van der Waals surface area (Å²) in [5.74, 6) is 1.70. The van der Waals surface area contributed by atoms with E-state index in [0.717, 1.165) is 22.7 Å². The molecule has 3 aromatic rings. The van der Waals surface area contributed by atoms with Crippen LogP contribution >= 0.6 is 11.8 Å². The first-order valence-corrected chi connectivity index (χ1v) is 8.40. The largest absolute Gasteiger partial charge is 0.493 e. The fourth-order valence-electron chi connectivity index (χ4n) is 2.26. The van der Waals surface area contributed by atoms with Crippen LogP contribution < -0.4 is 4.74 Å². The van der Waals surface area contributed by atoms with Gasteiger partial charge >= 0.3 is 0 Å². The van der Waals surface area contributed by atoms with E-state index in [1.807, 2.05) is 49.5 Å². The molecule has 23 heavy (non-hydrogen) atoms. The number of aromatic nitrogens is 2. The molecule has 0 saturated heterocycles. The van der Waals surface area contributed by atoms with Crippen molar-refractivity contribution in [2.24, 2.45) is 0 Å². The number of thioether (sulfide) groups is 1. The summed E-state index contributed by atoms with van der Waals surface area (Å²) in [5.41, 5.74) is 2.06. The quantitative estimate of drug-likeness (QED) is 0.650. The fraction of sp³-hybridized carbons (Fsp3) is 0.105. The predicted molar refractivity (Wildman–Crippen MR) is 95.6 cm³/mol. The molecule has 3 nitrogen and oxygen atoms in total. The maximum atomic E-state index is 5.78. The van der Waals surface area contributed by atoms with Gasteiger partial charge in [0.15, 0.2) is 0 Å². The highest BCUT2D eigenvalue weighted by Crippen LogP contribution is 2.33. The summed E-state index contributed by atoms with van der Waals surface area (Å²) < 4.78 is 5.78. The minimum Gasteiger partial charge on any atom is -0.493 e. The van der Waals surface area contributed by atoms with Gasteiger partial charge in [-0.05, 0) is 30.5 Å². The molecule has 3 rings (SSSR count). The molecule has 4 heteroatoms. The van der Waals surface area contributed by atoms with Gasteiger partial charge in [0.05, 0.1) is 6.61 Å². The van der Waals surface area contributed by atoms with E-state index in [2.05, 4.69) is 33.6 Å². The van der Waals surface area contributed by atoms with E-state index in [-0.39, 0.29) is 0 Å². The average Bonchev–Trinajstić information content (AvgIpc) is 3.12. The van der Waals surface area contributed by atoms with E-state index in [1.165, 1.54) is 4.90 Å². The molecule has 1 heterocycles. The van der Waals surface area contributed by atoms with Crippen molar-refractivity contribution in [3.05, 3.63) is 83.8 Å². The molecule has 0 spiro atoms. The summed E-state index contributed by atoms with van der Waals surface area (Å²) >= 11 is 1.67. The Kier molecular flexibility index (Phi) is 5.17. The molecule has 0 aliphatic carbocycles. The van der Waals surface area contributed by atoms with Crippen LogP contribution in [0.5, 0.6) is 5.75 Å². The molecule has 1 aromatic heterocycles. The van der Waals surface area contributed by atoms with Gasteiger partial charge < -0.3 is 9.72 Å². The number of nitrogens with zero attached hydrogens (tertiary/aromatic N) is 1. The van der Waals surface area contributed by atoms with Gasteiger partial charge in [0.1, 0.15) is 11.6 Å². The van der Waals surface area contributed by atoms with E-state index in [0.29, 0.717) is 6.61 Å². The van der Waals surface area contributed by atoms with E-state index >= 15 is 0 Å². The van der Waals surface area contributed by atoms with E-state index in [4.69, 9.17) is 4.74 Å². The number of imidazole rings is 1. The van der Waals surface area contributed by atoms with Crippen LogP contribution in [0.1, 0.15) is 18.3 Å². The third-order valence-electron chi connectivity index (χ3n) is 3.29. The minimum absolute atomic E-state index is 0.633. The van der Waals surface area contributed by atoms with Gasteiger partial charge in [-0.3, -0.25) is 0 Å². The SMILES string of the molecule is CCOc1ccccc1/C(=C/Sc1ccccc1)c1ncc[nH]1. The number of aromatic amines is 1. The number of hydrogen-bond acceptors (Lipinski definition) is 3. The number of nitrogens with one attached hydrogen (secondary N) is 1. The molecule has 2 aromatic carbocycles. The van der Waals surface area contributed by atoms with Crippen LogP contribution in [0.3, 0.4) is 0 Å². The highest BCUT2D eigenvalue weighted by Gasteiger charge is 2.12. The maximum absolute atomic E-state index is 5.78. The Hall–Kier alpha value is -2.46. The molecule has 116 valence electrons. The van der Waals surface area contributed by atoms with Gasteiger partial charge in [-0.2, -0.15) is 0 Å². The van der Waals surface area contributed by atoms with Crippen LogP contribution in [0.4, 0.5) is 0 Å². The zero-order chi connectivity index (χ0) is 15.9. The fourth-order valence-corrected chi connectivity index (χ4v) is 3.06. The lowest BCUT2D eigenvalue weighted by molar-refractivity contribution is 0.339. The topological polar surface area (TPSA) is 37.9 Å². The summed E-state index contributed by atoms with van der Waals surface area (Å²) in [6, 6.07) is 18.3. The summed E-state index contributed by atoms with van der Waals surface area (Å²) in [6.45, 7) is 2.63. The number of ether oxygens (including phenoxy) is 1. The standard InChI is InChI=1S/C19H18N2OS/c1-2-22-18-11-7-6-10-16(18)17(19-20-12-13-21-19)14-23-15-8-4-3-5-9-15/h3-14H,2H2,1H3,(H,20,21)/b17-14-. The van der Waals surface area contributed by atoms with E-state index < -0.39 is 0 Å². The second kappa shape index (κ2) is 7.70. The summed E-state index contributed by atoms with van der Waals surface area (Å²) in [7, 11) is 0. The van der Waals surface area contributed by atoms with Gasteiger partial charge in [-0.25, -0.2) is 4.98 Å². The second-order valence-electron chi connectivity index (χ2n) is 4.83. The number of rotatable bonds is 6. The van der Waals surface area contributed by atoms with Crippen molar-refractivity contribution >= 4 is 17.3 Å². The zero-order valence-corrected chi connectivity index (χ0v) is 13.7. The molecule has 0 amide bonds. The lowest BCUT2D eigenvalue weighted by Crippen LogP contribution is -1.98. The Balaban J connectivity index is 2.00. The van der Waals surface area contributed by atoms with E-state index in [9.17, 15) is 0 Å². The Labute approximate surface area is 140 Å². The Morgan fingerprint density at radius 1 is 1.13 bits per heavy atom. The van der Waals surface area contributed by atoms with E-state index in [1.54, 1.807) is 18.0 Å². The third kappa shape index (κ3) is 3.85. The van der Waals surface area contributed by atoms with Crippen molar-refractivity contribution in [2.45, 2.75) is 11.8 Å². The van der Waals surface area contributed by atoms with Gasteiger partial charge in [0.25, 0.3) is 0 Å². The molecule has 0 unspecified atom stereocenters. The smallest absolute Gasteiger partial charge is 0.138 e. The highest BCUT2D eigenvalue weighted by molar-refractivity contribution is 8.02. The molecule has 0 saturated carbocycles. The summed E-state index contributed by atoms with van der Waals surface area (Å²) in [5, 5.41) is 2.12. The number of hydrogen-bond donors (Lipinski definition) is 1. The monoisotopic (exact) mass is 322 g/mol. The summed E-state index contributed by atoms with van der Waals surface area (Å²) in [6.07, 6.45) is 3.60. The van der Waals surface area contributed by atoms with Crippen LogP contribution in [-0.2, 0) is 0 Å². The van der Waals surface area contributed by atoms with Crippen LogP contribution in [0.25, 0.3) is 5.57 Å². The van der Waals surface area contributed by atoms with Gasteiger partial charge in [-0.1, -0.05) is 48.2 Å². The molecule has 1 N–H and O–H groups in total. The molecular weight excluding hydrogens is 304 g/mol. The van der Waals surface area contributed by atoms with Gasteiger partial charge in [0.2, 0.25) is 0 Å². The Morgan fingerprint density at radius 2 is 1.91 bits per heavy atom. The first-order valence-electron chi connectivity index (χ1n) is 7.52. The van der Waals surface area contributed by atoms with Crippen molar-refractivity contribution in [3.8, 4) is 5.75 Å². The molecule has 0 aliphatic heterocycles. The molecule has 0 radical (unpaired) electrons. The normalized spacial score (nSPS) is 11.4. The molecule has 0 bridgehead atoms. The van der Waals surface area contributed by atoms with Crippen molar-refractivity contribution < 1.29 is 4.74 Å². The number of para-hydroxylation sites is 1. The first-order chi connectivity index (χ1) is 11.4. The van der Waals surface area contributed by atoms with Crippen molar-refractivity contribution in [1.29, 1.82) is 0 Å². The number of H-pyrrole nitrogens is 1. The second-order valence-corrected chi connectivity index (χ2v) is 5.77. The third-order valence-corrected chi connectivity index (χ3v) is 4.18. The maximum Gasteiger partial charge on any atom is 0.138 e. The van der Waals surface area contributed by atoms with Gasteiger partial charge in [-0.15, -0.1) is 0 Å². The molecule has 0 fully saturated rings. The van der Waals surface area contributed by atoms with Crippen molar-refractivity contribution in [1.82, 2.24) is 9.97 Å². The minimum atomic E-state index is 0.633. The average molecular weight is 322 g/mol. The lowest BCUT2D eigenvalue weighted by Gasteiger charge is -2.12. The Morgan fingerprint density at radius 3 is 2.65 bits per heavy atom. The van der Waals surface area contributed by atoms with Crippen LogP contribution in [0.15, 0.2) is 77.3 Å². The number of benzene rings is 2. The molecule has 0 aliphatic rings. The first kappa shape index (κ1) is 15.4.